The van der Waals surface area contributed by atoms with Gasteiger partial charge in [-0.1, -0.05) is 18.2 Å². The Labute approximate surface area is 147 Å². The van der Waals surface area contributed by atoms with Gasteiger partial charge in [-0.25, -0.2) is 0 Å². The van der Waals surface area contributed by atoms with Crippen molar-refractivity contribution >= 4 is 28.7 Å². The Morgan fingerprint density at radius 1 is 1.00 bits per heavy atom. The van der Waals surface area contributed by atoms with Crippen molar-refractivity contribution in [2.45, 2.75) is 20.4 Å². The van der Waals surface area contributed by atoms with Crippen molar-refractivity contribution in [1.29, 1.82) is 0 Å². The average Bonchev–Trinajstić information content (AvgIpc) is 3.06. The summed E-state index contributed by atoms with van der Waals surface area (Å²) >= 11 is 5.38. The number of thiocarbonyl (C=S) groups is 1. The van der Waals surface area contributed by atoms with E-state index in [2.05, 4.69) is 53.8 Å². The maximum atomic E-state index is 5.38. The van der Waals surface area contributed by atoms with Gasteiger partial charge in [0.1, 0.15) is 0 Å². The molecule has 0 aliphatic carbocycles. The van der Waals surface area contributed by atoms with Crippen LogP contribution in [0.25, 0.3) is 0 Å². The van der Waals surface area contributed by atoms with Crippen LogP contribution in [0, 0.1) is 13.8 Å². The standard InChI is InChI=1S/C19H20N4S/c1-14-4-7-18(12-15(14)2)22-19(24)21-17-8-5-16(6-9-17)13-23-11-3-10-20-23/h3-12H,13H2,1-2H3,(H2,21,22,24). The lowest BCUT2D eigenvalue weighted by Gasteiger charge is -2.12. The molecule has 24 heavy (non-hydrogen) atoms. The maximum Gasteiger partial charge on any atom is 0.175 e. The van der Waals surface area contributed by atoms with Crippen LogP contribution in [0.4, 0.5) is 11.4 Å². The normalized spacial score (nSPS) is 10.4. The van der Waals surface area contributed by atoms with Gasteiger partial charge in [0.25, 0.3) is 0 Å². The predicted molar refractivity (Wildman–Crippen MR) is 104 cm³/mol. The minimum Gasteiger partial charge on any atom is -0.332 e. The molecule has 2 aromatic carbocycles. The third kappa shape index (κ3) is 4.20. The van der Waals surface area contributed by atoms with Crippen molar-refractivity contribution in [3.8, 4) is 0 Å². The topological polar surface area (TPSA) is 41.9 Å². The van der Waals surface area contributed by atoms with E-state index in [0.29, 0.717) is 5.11 Å². The summed E-state index contributed by atoms with van der Waals surface area (Å²) in [5.74, 6) is 0. The lowest BCUT2D eigenvalue weighted by atomic mass is 10.1. The highest BCUT2D eigenvalue weighted by Crippen LogP contribution is 2.15. The number of aryl methyl sites for hydroxylation is 2. The number of benzene rings is 2. The quantitative estimate of drug-likeness (QED) is 0.695. The monoisotopic (exact) mass is 336 g/mol. The highest BCUT2D eigenvalue weighted by Gasteiger charge is 2.01. The van der Waals surface area contributed by atoms with Crippen LogP contribution in [-0.4, -0.2) is 14.9 Å². The highest BCUT2D eigenvalue weighted by atomic mass is 32.1. The molecule has 0 aliphatic rings. The third-order valence-corrected chi connectivity index (χ3v) is 4.08. The summed E-state index contributed by atoms with van der Waals surface area (Å²) in [7, 11) is 0. The first-order chi connectivity index (χ1) is 11.6. The van der Waals surface area contributed by atoms with Crippen LogP contribution >= 0.6 is 12.2 Å². The first kappa shape index (κ1) is 16.2. The number of nitrogens with one attached hydrogen (secondary N) is 2. The van der Waals surface area contributed by atoms with Gasteiger partial charge < -0.3 is 10.6 Å². The molecule has 2 N–H and O–H groups in total. The zero-order chi connectivity index (χ0) is 16.9. The van der Waals surface area contributed by atoms with E-state index in [9.17, 15) is 0 Å². The molecule has 0 bridgehead atoms. The molecule has 3 rings (SSSR count). The molecule has 0 atom stereocenters. The number of hydrogen-bond acceptors (Lipinski definition) is 2. The average molecular weight is 336 g/mol. The number of hydrogen-bond donors (Lipinski definition) is 2. The van der Waals surface area contributed by atoms with Crippen molar-refractivity contribution in [2.75, 3.05) is 10.6 Å². The van der Waals surface area contributed by atoms with E-state index in [4.69, 9.17) is 12.2 Å². The molecule has 122 valence electrons. The molecule has 0 saturated heterocycles. The van der Waals surface area contributed by atoms with E-state index in [-0.39, 0.29) is 0 Å². The van der Waals surface area contributed by atoms with Crippen LogP contribution in [0.15, 0.2) is 60.9 Å². The second kappa shape index (κ2) is 7.27. The van der Waals surface area contributed by atoms with Crippen molar-refractivity contribution in [2.24, 2.45) is 0 Å². The van der Waals surface area contributed by atoms with Gasteiger partial charge >= 0.3 is 0 Å². The predicted octanol–water partition coefficient (Wildman–Crippen LogP) is 4.36. The van der Waals surface area contributed by atoms with Crippen LogP contribution in [0.2, 0.25) is 0 Å². The van der Waals surface area contributed by atoms with E-state index in [1.165, 1.54) is 16.7 Å². The fourth-order valence-electron chi connectivity index (χ4n) is 2.39. The van der Waals surface area contributed by atoms with E-state index in [1.54, 1.807) is 6.20 Å². The Hall–Kier alpha value is -2.66. The summed E-state index contributed by atoms with van der Waals surface area (Å²) in [6.45, 7) is 4.95. The van der Waals surface area contributed by atoms with Gasteiger partial charge in [0, 0.05) is 23.8 Å². The molecule has 0 aliphatic heterocycles. The van der Waals surface area contributed by atoms with Gasteiger partial charge in [0.15, 0.2) is 5.11 Å². The third-order valence-electron chi connectivity index (χ3n) is 3.88. The number of nitrogens with zero attached hydrogens (tertiary/aromatic N) is 2. The van der Waals surface area contributed by atoms with Crippen molar-refractivity contribution in [3.63, 3.8) is 0 Å². The summed E-state index contributed by atoms with van der Waals surface area (Å²) in [6, 6.07) is 16.3. The molecule has 0 spiro atoms. The SMILES string of the molecule is Cc1ccc(NC(=S)Nc2ccc(Cn3cccn3)cc2)cc1C. The van der Waals surface area contributed by atoms with Crippen LogP contribution in [-0.2, 0) is 6.54 Å². The molecule has 0 unspecified atom stereocenters. The summed E-state index contributed by atoms with van der Waals surface area (Å²) in [5.41, 5.74) is 5.65. The van der Waals surface area contributed by atoms with Crippen molar-refractivity contribution in [1.82, 2.24) is 9.78 Å². The lowest BCUT2D eigenvalue weighted by Crippen LogP contribution is -2.19. The Balaban J connectivity index is 1.58. The summed E-state index contributed by atoms with van der Waals surface area (Å²) < 4.78 is 1.90. The first-order valence-electron chi connectivity index (χ1n) is 7.82. The van der Waals surface area contributed by atoms with Gasteiger partial charge in [-0.15, -0.1) is 0 Å². The van der Waals surface area contributed by atoms with Crippen molar-refractivity contribution in [3.05, 3.63) is 77.6 Å². The molecule has 1 aromatic heterocycles. The van der Waals surface area contributed by atoms with Crippen LogP contribution in [0.5, 0.6) is 0 Å². The lowest BCUT2D eigenvalue weighted by molar-refractivity contribution is 0.687. The van der Waals surface area contributed by atoms with Crippen LogP contribution in [0.3, 0.4) is 0 Å². The van der Waals surface area contributed by atoms with Gasteiger partial charge in [-0.2, -0.15) is 5.10 Å². The Morgan fingerprint density at radius 3 is 2.38 bits per heavy atom. The zero-order valence-electron chi connectivity index (χ0n) is 13.8. The molecule has 0 radical (unpaired) electrons. The van der Waals surface area contributed by atoms with E-state index in [0.717, 1.165) is 17.9 Å². The van der Waals surface area contributed by atoms with Gasteiger partial charge in [0.05, 0.1) is 6.54 Å². The van der Waals surface area contributed by atoms with Gasteiger partial charge in [0.2, 0.25) is 0 Å². The molecular formula is C19H20N4S. The zero-order valence-corrected chi connectivity index (χ0v) is 14.6. The first-order valence-corrected chi connectivity index (χ1v) is 8.22. The number of anilines is 2. The fraction of sp³-hybridized carbons (Fsp3) is 0.158. The number of rotatable bonds is 4. The smallest absolute Gasteiger partial charge is 0.175 e. The molecule has 0 amide bonds. The van der Waals surface area contributed by atoms with Crippen molar-refractivity contribution < 1.29 is 0 Å². The molecule has 5 heteroatoms. The number of aromatic nitrogens is 2. The largest absolute Gasteiger partial charge is 0.332 e. The van der Waals surface area contributed by atoms with E-state index >= 15 is 0 Å². The van der Waals surface area contributed by atoms with E-state index < -0.39 is 0 Å². The molecule has 4 nitrogen and oxygen atoms in total. The second-order valence-electron chi connectivity index (χ2n) is 5.78. The highest BCUT2D eigenvalue weighted by molar-refractivity contribution is 7.80. The van der Waals surface area contributed by atoms with Crippen LogP contribution < -0.4 is 10.6 Å². The minimum atomic E-state index is 0.582. The molecule has 3 aromatic rings. The maximum absolute atomic E-state index is 5.38. The Bertz CT molecular complexity index is 823. The summed E-state index contributed by atoms with van der Waals surface area (Å²) in [6.07, 6.45) is 3.74. The molecular weight excluding hydrogens is 316 g/mol. The second-order valence-corrected chi connectivity index (χ2v) is 6.19. The molecule has 0 saturated carbocycles. The molecule has 0 fully saturated rings. The fourth-order valence-corrected chi connectivity index (χ4v) is 2.62. The van der Waals surface area contributed by atoms with Gasteiger partial charge in [-0.05, 0) is 73.1 Å². The minimum absolute atomic E-state index is 0.582. The Morgan fingerprint density at radius 2 is 1.71 bits per heavy atom. The summed E-state index contributed by atoms with van der Waals surface area (Å²) in [4.78, 5) is 0. The van der Waals surface area contributed by atoms with Crippen LogP contribution in [0.1, 0.15) is 16.7 Å². The molecule has 1 heterocycles. The summed E-state index contributed by atoms with van der Waals surface area (Å²) in [5, 5.41) is 11.2. The van der Waals surface area contributed by atoms with Gasteiger partial charge in [-0.3, -0.25) is 4.68 Å². The Kier molecular flexibility index (Phi) is 4.91. The van der Waals surface area contributed by atoms with E-state index in [1.807, 2.05) is 35.1 Å².